The largest absolute Gasteiger partial charge is 0.379 e. The van der Waals surface area contributed by atoms with Crippen molar-refractivity contribution in [3.05, 3.63) is 12.5 Å². The molecular formula is C12H22N4O3S. The molecule has 1 aromatic heterocycles. The summed E-state index contributed by atoms with van der Waals surface area (Å²) in [5, 5.41) is 0.0681. The summed E-state index contributed by atoms with van der Waals surface area (Å²) >= 11 is 0. The van der Waals surface area contributed by atoms with Gasteiger partial charge < -0.3 is 9.30 Å². The Kier molecular flexibility index (Phi) is 5.14. The van der Waals surface area contributed by atoms with E-state index in [9.17, 15) is 8.42 Å². The molecule has 2 heterocycles. The van der Waals surface area contributed by atoms with E-state index in [1.54, 1.807) is 11.6 Å². The van der Waals surface area contributed by atoms with Crippen molar-refractivity contribution in [3.63, 3.8) is 0 Å². The summed E-state index contributed by atoms with van der Waals surface area (Å²) < 4.78 is 33.6. The van der Waals surface area contributed by atoms with Gasteiger partial charge >= 0.3 is 0 Å². The van der Waals surface area contributed by atoms with Gasteiger partial charge in [0.05, 0.1) is 19.5 Å². The minimum absolute atomic E-state index is 0.0681. The number of rotatable bonds is 6. The van der Waals surface area contributed by atoms with Gasteiger partial charge in [0.1, 0.15) is 0 Å². The molecule has 114 valence electrons. The molecule has 0 bridgehead atoms. The number of ether oxygens (including phenoxy) is 1. The van der Waals surface area contributed by atoms with E-state index in [2.05, 4.69) is 14.6 Å². The molecule has 1 saturated heterocycles. The lowest BCUT2D eigenvalue weighted by Gasteiger charge is -2.29. The highest BCUT2D eigenvalue weighted by atomic mass is 32.2. The SMILES string of the molecule is CC(CNS(=O)(=O)c1cn(C)cn1)CN1CCOCC1. The molecule has 7 nitrogen and oxygen atoms in total. The zero-order valence-corrected chi connectivity index (χ0v) is 12.8. The Hall–Kier alpha value is -0.960. The van der Waals surface area contributed by atoms with E-state index in [1.807, 2.05) is 6.92 Å². The predicted molar refractivity (Wildman–Crippen MR) is 74.8 cm³/mol. The number of morpholine rings is 1. The van der Waals surface area contributed by atoms with Crippen LogP contribution in [-0.2, 0) is 21.8 Å². The van der Waals surface area contributed by atoms with Crippen LogP contribution in [0.25, 0.3) is 0 Å². The molecular weight excluding hydrogens is 280 g/mol. The van der Waals surface area contributed by atoms with Crippen molar-refractivity contribution in [1.29, 1.82) is 0 Å². The summed E-state index contributed by atoms with van der Waals surface area (Å²) in [5.74, 6) is 0.242. The van der Waals surface area contributed by atoms with Gasteiger partial charge in [0.2, 0.25) is 0 Å². The third-order valence-electron chi connectivity index (χ3n) is 3.25. The van der Waals surface area contributed by atoms with E-state index in [1.165, 1.54) is 12.5 Å². The maximum Gasteiger partial charge on any atom is 0.259 e. The van der Waals surface area contributed by atoms with Crippen molar-refractivity contribution < 1.29 is 13.2 Å². The topological polar surface area (TPSA) is 76.5 Å². The average molecular weight is 302 g/mol. The molecule has 1 fully saturated rings. The first-order valence-corrected chi connectivity index (χ1v) is 8.23. The fraction of sp³-hybridized carbons (Fsp3) is 0.750. The predicted octanol–water partition coefficient (Wildman–Crippen LogP) is -0.333. The highest BCUT2D eigenvalue weighted by molar-refractivity contribution is 7.89. The lowest BCUT2D eigenvalue weighted by atomic mass is 10.1. The molecule has 8 heteroatoms. The summed E-state index contributed by atoms with van der Waals surface area (Å²) in [6.45, 7) is 6.66. The highest BCUT2D eigenvalue weighted by Gasteiger charge is 2.19. The maximum absolute atomic E-state index is 12.0. The average Bonchev–Trinajstić information content (AvgIpc) is 2.85. The van der Waals surface area contributed by atoms with Crippen molar-refractivity contribution in [2.75, 3.05) is 39.4 Å². The van der Waals surface area contributed by atoms with Gasteiger partial charge in [-0.15, -0.1) is 0 Å². The number of aromatic nitrogens is 2. The zero-order valence-electron chi connectivity index (χ0n) is 11.9. The molecule has 0 aromatic carbocycles. The van der Waals surface area contributed by atoms with Crippen LogP contribution in [0.1, 0.15) is 6.92 Å². The first kappa shape index (κ1) is 15.4. The number of aryl methyl sites for hydroxylation is 1. The lowest BCUT2D eigenvalue weighted by Crippen LogP contribution is -2.41. The van der Waals surface area contributed by atoms with Gasteiger partial charge in [0.25, 0.3) is 10.0 Å². The highest BCUT2D eigenvalue weighted by Crippen LogP contribution is 2.06. The quantitative estimate of drug-likeness (QED) is 0.778. The van der Waals surface area contributed by atoms with Crippen LogP contribution in [0.4, 0.5) is 0 Å². The molecule has 0 aliphatic carbocycles. The summed E-state index contributed by atoms with van der Waals surface area (Å²) in [5.41, 5.74) is 0. The monoisotopic (exact) mass is 302 g/mol. The van der Waals surface area contributed by atoms with Crippen LogP contribution in [0.15, 0.2) is 17.6 Å². The molecule has 1 aromatic rings. The Balaban J connectivity index is 1.81. The van der Waals surface area contributed by atoms with Gasteiger partial charge in [-0.1, -0.05) is 6.92 Å². The molecule has 1 aliphatic rings. The van der Waals surface area contributed by atoms with E-state index >= 15 is 0 Å². The molecule has 2 rings (SSSR count). The van der Waals surface area contributed by atoms with E-state index < -0.39 is 10.0 Å². The van der Waals surface area contributed by atoms with Crippen molar-refractivity contribution in [2.45, 2.75) is 11.9 Å². The van der Waals surface area contributed by atoms with E-state index in [4.69, 9.17) is 4.74 Å². The van der Waals surface area contributed by atoms with Gasteiger partial charge in [-0.05, 0) is 5.92 Å². The van der Waals surface area contributed by atoms with Crippen LogP contribution in [0.2, 0.25) is 0 Å². The second-order valence-electron chi connectivity index (χ2n) is 5.25. The molecule has 20 heavy (non-hydrogen) atoms. The van der Waals surface area contributed by atoms with Gasteiger partial charge in [-0.25, -0.2) is 18.1 Å². The van der Waals surface area contributed by atoms with Crippen LogP contribution in [-0.4, -0.2) is 62.3 Å². The second kappa shape index (κ2) is 6.66. The number of nitrogens with one attached hydrogen (secondary N) is 1. The minimum Gasteiger partial charge on any atom is -0.379 e. The summed E-state index contributed by atoms with van der Waals surface area (Å²) in [4.78, 5) is 6.16. The normalized spacial score (nSPS) is 19.1. The smallest absolute Gasteiger partial charge is 0.259 e. The maximum atomic E-state index is 12.0. The third-order valence-corrected chi connectivity index (χ3v) is 4.56. The number of imidazole rings is 1. The van der Waals surface area contributed by atoms with Crippen molar-refractivity contribution in [3.8, 4) is 0 Å². The molecule has 1 aliphatic heterocycles. The number of hydrogen-bond donors (Lipinski definition) is 1. The van der Waals surface area contributed by atoms with Gasteiger partial charge in [0.15, 0.2) is 5.03 Å². The van der Waals surface area contributed by atoms with E-state index in [0.29, 0.717) is 6.54 Å². The molecule has 0 spiro atoms. The van der Waals surface area contributed by atoms with E-state index in [-0.39, 0.29) is 10.9 Å². The Bertz CT molecular complexity index is 523. The standard InChI is InChI=1S/C12H22N4O3S/c1-11(8-16-3-5-19-6-4-16)7-14-20(17,18)12-9-15(2)10-13-12/h9-11,14H,3-8H2,1-2H3. The number of hydrogen-bond acceptors (Lipinski definition) is 5. The Morgan fingerprint density at radius 2 is 2.15 bits per heavy atom. The van der Waals surface area contributed by atoms with Crippen LogP contribution < -0.4 is 4.72 Å². The summed E-state index contributed by atoms with van der Waals surface area (Å²) in [6, 6.07) is 0. The molecule has 1 N–H and O–H groups in total. The fourth-order valence-corrected chi connectivity index (χ4v) is 3.29. The van der Waals surface area contributed by atoms with Crippen LogP contribution in [0, 0.1) is 5.92 Å². The zero-order chi connectivity index (χ0) is 14.6. The molecule has 0 saturated carbocycles. The first-order valence-electron chi connectivity index (χ1n) is 6.75. The molecule has 0 radical (unpaired) electrons. The molecule has 0 amide bonds. The molecule has 1 unspecified atom stereocenters. The summed E-state index contributed by atoms with van der Waals surface area (Å²) in [7, 11) is -1.76. The van der Waals surface area contributed by atoms with Crippen molar-refractivity contribution in [2.24, 2.45) is 13.0 Å². The number of sulfonamides is 1. The van der Waals surface area contributed by atoms with Crippen LogP contribution in [0.3, 0.4) is 0 Å². The Labute approximate surface area is 120 Å². The van der Waals surface area contributed by atoms with Crippen LogP contribution in [0.5, 0.6) is 0 Å². The second-order valence-corrected chi connectivity index (χ2v) is 6.96. The molecule has 1 atom stereocenters. The fourth-order valence-electron chi connectivity index (χ4n) is 2.14. The Morgan fingerprint density at radius 3 is 2.75 bits per heavy atom. The van der Waals surface area contributed by atoms with E-state index in [0.717, 1.165) is 32.8 Å². The van der Waals surface area contributed by atoms with Crippen molar-refractivity contribution >= 4 is 10.0 Å². The summed E-state index contributed by atoms with van der Waals surface area (Å²) in [6.07, 6.45) is 2.97. The minimum atomic E-state index is -3.50. The Morgan fingerprint density at radius 1 is 1.45 bits per heavy atom. The van der Waals surface area contributed by atoms with Gasteiger partial charge in [0, 0.05) is 39.4 Å². The third kappa shape index (κ3) is 4.27. The van der Waals surface area contributed by atoms with Gasteiger partial charge in [-0.3, -0.25) is 4.90 Å². The lowest BCUT2D eigenvalue weighted by molar-refractivity contribution is 0.0321. The van der Waals surface area contributed by atoms with Crippen LogP contribution >= 0.6 is 0 Å². The van der Waals surface area contributed by atoms with Gasteiger partial charge in [-0.2, -0.15) is 0 Å². The first-order chi connectivity index (χ1) is 9.47. The number of nitrogens with zero attached hydrogens (tertiary/aromatic N) is 3. The van der Waals surface area contributed by atoms with Crippen molar-refractivity contribution in [1.82, 2.24) is 19.2 Å².